The summed E-state index contributed by atoms with van der Waals surface area (Å²) in [5.41, 5.74) is 4.04. The lowest BCUT2D eigenvalue weighted by molar-refractivity contribution is -0.134. The van der Waals surface area contributed by atoms with Gasteiger partial charge in [-0.25, -0.2) is 4.39 Å². The maximum atomic E-state index is 14.3. The Labute approximate surface area is 239 Å². The molecule has 210 valence electrons. The molecule has 3 heterocycles. The quantitative estimate of drug-likeness (QED) is 0.336. The molecule has 3 fully saturated rings. The first-order chi connectivity index (χ1) is 19.9. The molecule has 3 aromatic carbocycles. The molecular weight excluding hydrogens is 515 g/mol. The van der Waals surface area contributed by atoms with Gasteiger partial charge in [-0.3, -0.25) is 14.4 Å². The molecule has 1 atom stereocenters. The van der Waals surface area contributed by atoms with Crippen LogP contribution in [0.2, 0.25) is 0 Å². The van der Waals surface area contributed by atoms with E-state index in [1.54, 1.807) is 0 Å². The van der Waals surface area contributed by atoms with E-state index in [4.69, 9.17) is 0 Å². The number of likely N-dealkylation sites (tertiary alicyclic amines) is 1. The van der Waals surface area contributed by atoms with Gasteiger partial charge in [-0.1, -0.05) is 41.6 Å². The number of carbonyl (C=O) groups is 1. The summed E-state index contributed by atoms with van der Waals surface area (Å²) in [5, 5.41) is 11.4. The summed E-state index contributed by atoms with van der Waals surface area (Å²) in [4.78, 5) is 21.1. The Morgan fingerprint density at radius 3 is 2.49 bits per heavy atom. The third kappa shape index (κ3) is 3.90. The molecule has 2 aliphatic heterocycles. The van der Waals surface area contributed by atoms with E-state index in [0.29, 0.717) is 25.7 Å². The summed E-state index contributed by atoms with van der Waals surface area (Å²) in [5.74, 6) is 0.465. The smallest absolute Gasteiger partial charge is 0.250 e. The minimum absolute atomic E-state index is 0.0980. The fraction of sp³-hybridized carbons (Fsp3) is 0.424. The van der Waals surface area contributed by atoms with Crippen LogP contribution in [-0.4, -0.2) is 62.5 Å². The summed E-state index contributed by atoms with van der Waals surface area (Å²) >= 11 is 0. The molecule has 4 aliphatic rings. The molecule has 2 aliphatic carbocycles. The van der Waals surface area contributed by atoms with Gasteiger partial charge in [0.05, 0.1) is 18.9 Å². The van der Waals surface area contributed by atoms with Crippen molar-refractivity contribution >= 4 is 22.4 Å². The van der Waals surface area contributed by atoms with Crippen LogP contribution in [0.4, 0.5) is 10.1 Å². The molecule has 1 aromatic heterocycles. The highest BCUT2D eigenvalue weighted by Gasteiger charge is 2.55. The summed E-state index contributed by atoms with van der Waals surface area (Å²) in [7, 11) is 0. The van der Waals surface area contributed by atoms with E-state index in [1.807, 2.05) is 27.9 Å². The number of carbonyl (C=O) groups excluding carboxylic acids is 1. The monoisotopic (exact) mass is 550 g/mol. The second-order valence-electron chi connectivity index (χ2n) is 12.6. The summed E-state index contributed by atoms with van der Waals surface area (Å²) < 4.78 is 15.8. The topological polar surface area (TPSA) is 57.5 Å². The Bertz CT molecular complexity index is 1630. The summed E-state index contributed by atoms with van der Waals surface area (Å²) in [6, 6.07) is 19.9. The zero-order chi connectivity index (χ0) is 27.8. The number of anilines is 1. The molecule has 7 nitrogen and oxygen atoms in total. The fourth-order valence-electron chi connectivity index (χ4n) is 7.73. The average molecular weight is 551 g/mol. The van der Waals surface area contributed by atoms with Crippen LogP contribution in [0, 0.1) is 5.82 Å². The van der Waals surface area contributed by atoms with Crippen LogP contribution in [0.25, 0.3) is 10.8 Å². The van der Waals surface area contributed by atoms with Gasteiger partial charge >= 0.3 is 0 Å². The van der Waals surface area contributed by atoms with Gasteiger partial charge in [-0.2, -0.15) is 0 Å². The third-order valence-corrected chi connectivity index (χ3v) is 10.2. The van der Waals surface area contributed by atoms with Gasteiger partial charge < -0.3 is 9.80 Å². The Kier molecular flexibility index (Phi) is 5.55. The van der Waals surface area contributed by atoms with Crippen LogP contribution < -0.4 is 4.90 Å². The Hall–Kier alpha value is -3.78. The number of aromatic nitrogens is 3. The predicted molar refractivity (Wildman–Crippen MR) is 156 cm³/mol. The molecule has 1 amide bonds. The molecule has 0 N–H and O–H groups in total. The van der Waals surface area contributed by atoms with Crippen LogP contribution in [0.5, 0.6) is 0 Å². The lowest BCUT2D eigenvalue weighted by atomic mass is 9.81. The van der Waals surface area contributed by atoms with Crippen molar-refractivity contribution in [1.82, 2.24) is 24.8 Å². The highest BCUT2D eigenvalue weighted by molar-refractivity contribution is 5.94. The molecule has 0 bridgehead atoms. The Balaban J connectivity index is 1.05. The fourth-order valence-corrected chi connectivity index (χ4v) is 7.73. The van der Waals surface area contributed by atoms with E-state index in [-0.39, 0.29) is 17.3 Å². The lowest BCUT2D eigenvalue weighted by Crippen LogP contribution is -2.59. The van der Waals surface area contributed by atoms with Crippen molar-refractivity contribution in [3.63, 3.8) is 0 Å². The van der Waals surface area contributed by atoms with E-state index < -0.39 is 5.54 Å². The number of hydrogen-bond donors (Lipinski definition) is 0. The molecule has 0 unspecified atom stereocenters. The minimum Gasteiger partial charge on any atom is -0.339 e. The molecule has 4 aromatic rings. The number of piperidine rings is 1. The van der Waals surface area contributed by atoms with Crippen molar-refractivity contribution in [2.45, 2.75) is 62.6 Å². The predicted octanol–water partition coefficient (Wildman–Crippen LogP) is 5.06. The molecule has 8 heteroatoms. The maximum Gasteiger partial charge on any atom is 0.250 e. The Morgan fingerprint density at radius 1 is 0.976 bits per heavy atom. The van der Waals surface area contributed by atoms with E-state index in [9.17, 15) is 9.18 Å². The number of benzene rings is 3. The minimum atomic E-state index is -0.635. The van der Waals surface area contributed by atoms with Crippen molar-refractivity contribution in [2.24, 2.45) is 0 Å². The molecule has 1 spiro atoms. The molecule has 8 rings (SSSR count). The molecule has 0 radical (unpaired) electrons. The zero-order valence-corrected chi connectivity index (χ0v) is 23.5. The van der Waals surface area contributed by atoms with E-state index >= 15 is 0 Å². The van der Waals surface area contributed by atoms with E-state index in [1.165, 1.54) is 46.9 Å². The van der Waals surface area contributed by atoms with Gasteiger partial charge in [0.25, 0.3) is 0 Å². The van der Waals surface area contributed by atoms with Gasteiger partial charge in [0.1, 0.15) is 11.4 Å². The van der Waals surface area contributed by atoms with Crippen LogP contribution in [0.15, 0.2) is 66.9 Å². The summed E-state index contributed by atoms with van der Waals surface area (Å²) in [6.07, 6.45) is 6.86. The average Bonchev–Trinajstić information content (AvgIpc) is 3.58. The zero-order valence-electron chi connectivity index (χ0n) is 23.5. The number of rotatable bonds is 6. The number of hydrogen-bond acceptors (Lipinski definition) is 5. The molecular formula is C33H35FN6O. The van der Waals surface area contributed by atoms with Crippen molar-refractivity contribution in [2.75, 3.05) is 31.2 Å². The normalized spacial score (nSPS) is 23.8. The Morgan fingerprint density at radius 2 is 1.73 bits per heavy atom. The maximum absolute atomic E-state index is 14.3. The number of nitrogens with zero attached hydrogens (tertiary/aromatic N) is 6. The molecule has 2 saturated heterocycles. The highest BCUT2D eigenvalue weighted by atomic mass is 19.1. The molecule has 1 saturated carbocycles. The van der Waals surface area contributed by atoms with Crippen molar-refractivity contribution < 1.29 is 9.18 Å². The van der Waals surface area contributed by atoms with Crippen LogP contribution in [0.3, 0.4) is 0 Å². The summed E-state index contributed by atoms with van der Waals surface area (Å²) in [6.45, 7) is 5.71. The van der Waals surface area contributed by atoms with Gasteiger partial charge in [-0.05, 0) is 85.2 Å². The van der Waals surface area contributed by atoms with Crippen LogP contribution >= 0.6 is 0 Å². The highest BCUT2D eigenvalue weighted by Crippen LogP contribution is 2.48. The van der Waals surface area contributed by atoms with Gasteiger partial charge in [0.15, 0.2) is 0 Å². The van der Waals surface area contributed by atoms with Crippen molar-refractivity contribution in [3.8, 4) is 0 Å². The SMILES string of the molecule is C[C@@]1(N2CCC3(CC2)C(=O)N(CCn2cc(C4CC4)nn2)CN3c2ccc(F)cc2)Cc2cccc3cccc1c23. The van der Waals surface area contributed by atoms with Gasteiger partial charge in [-0.15, -0.1) is 5.10 Å². The lowest BCUT2D eigenvalue weighted by Gasteiger charge is -2.48. The third-order valence-electron chi connectivity index (χ3n) is 10.2. The van der Waals surface area contributed by atoms with E-state index in [2.05, 4.69) is 63.4 Å². The second kappa shape index (κ2) is 9.11. The van der Waals surface area contributed by atoms with Gasteiger partial charge in [0.2, 0.25) is 5.91 Å². The second-order valence-corrected chi connectivity index (χ2v) is 12.6. The van der Waals surface area contributed by atoms with E-state index in [0.717, 1.165) is 43.7 Å². The van der Waals surface area contributed by atoms with Crippen LogP contribution in [-0.2, 0) is 23.3 Å². The van der Waals surface area contributed by atoms with Crippen molar-refractivity contribution in [1.29, 1.82) is 0 Å². The first kappa shape index (κ1) is 25.0. The number of halogens is 1. The number of amides is 1. The standard InChI is InChI=1S/C33H35FN6O/c1-32(20-25-6-2-4-24-5-3-7-28(32)30(24)25)38-16-14-33(15-17-38)31(41)37(22-40(33)27-12-10-26(34)11-13-27)18-19-39-21-29(35-36-39)23-8-9-23/h2-7,10-13,21,23H,8-9,14-20,22H2,1H3/t32-/m1/s1. The first-order valence-electron chi connectivity index (χ1n) is 14.9. The molecule has 41 heavy (non-hydrogen) atoms. The van der Waals surface area contributed by atoms with Gasteiger partial charge in [0, 0.05) is 43.0 Å². The first-order valence-corrected chi connectivity index (χ1v) is 14.9. The largest absolute Gasteiger partial charge is 0.339 e. The van der Waals surface area contributed by atoms with Crippen LogP contribution in [0.1, 0.15) is 55.3 Å². The van der Waals surface area contributed by atoms with Crippen molar-refractivity contribution in [3.05, 3.63) is 89.5 Å².